The van der Waals surface area contributed by atoms with Gasteiger partial charge in [0, 0.05) is 17.0 Å². The van der Waals surface area contributed by atoms with Crippen molar-refractivity contribution < 1.29 is 9.53 Å². The van der Waals surface area contributed by atoms with Crippen molar-refractivity contribution in [2.24, 2.45) is 0 Å². The highest BCUT2D eigenvalue weighted by Crippen LogP contribution is 2.30. The molecule has 1 atom stereocenters. The van der Waals surface area contributed by atoms with E-state index in [9.17, 15) is 4.79 Å². The third-order valence-corrected chi connectivity index (χ3v) is 7.53. The molecule has 0 aliphatic rings. The van der Waals surface area contributed by atoms with E-state index < -0.39 is 0 Å². The number of carbonyl (C=O) groups is 1. The number of fused-ring (bicyclic) bond motifs is 1. The predicted molar refractivity (Wildman–Crippen MR) is 150 cm³/mol. The highest BCUT2D eigenvalue weighted by Gasteiger charge is 2.27. The Morgan fingerprint density at radius 2 is 1.86 bits per heavy atom. The monoisotopic (exact) mass is 521 g/mol. The average molecular weight is 522 g/mol. The molecule has 0 aliphatic carbocycles. The van der Waals surface area contributed by atoms with E-state index >= 15 is 0 Å². The summed E-state index contributed by atoms with van der Waals surface area (Å²) in [5.41, 5.74) is 5.06. The molecular weight excluding hydrogens is 490 g/mol. The molecule has 1 unspecified atom stereocenters. The van der Waals surface area contributed by atoms with Crippen LogP contribution in [0.3, 0.4) is 0 Å². The zero-order valence-corrected chi connectivity index (χ0v) is 22.8. The van der Waals surface area contributed by atoms with E-state index in [4.69, 9.17) is 21.3 Å². The van der Waals surface area contributed by atoms with Crippen LogP contribution in [0.4, 0.5) is 5.69 Å². The summed E-state index contributed by atoms with van der Waals surface area (Å²) in [6.45, 7) is 6.87. The van der Waals surface area contributed by atoms with Crippen LogP contribution in [-0.2, 0) is 28.2 Å². The van der Waals surface area contributed by atoms with Gasteiger partial charge in [-0.1, -0.05) is 48.9 Å². The van der Waals surface area contributed by atoms with Gasteiger partial charge in [-0.25, -0.2) is 4.98 Å². The van der Waals surface area contributed by atoms with Crippen LogP contribution in [0.15, 0.2) is 71.6 Å². The van der Waals surface area contributed by atoms with Crippen molar-refractivity contribution in [2.75, 3.05) is 18.6 Å². The third kappa shape index (κ3) is 5.77. The molecule has 1 amide bonds. The van der Waals surface area contributed by atoms with E-state index in [0.717, 1.165) is 45.0 Å². The molecule has 0 saturated heterocycles. The second-order valence-electron chi connectivity index (χ2n) is 8.85. The fourth-order valence-corrected chi connectivity index (χ4v) is 5.53. The Balaban J connectivity index is 1.70. The molecule has 0 spiro atoms. The summed E-state index contributed by atoms with van der Waals surface area (Å²) in [6.07, 6.45) is 0.845. The zero-order chi connectivity index (χ0) is 25.7. The Hall–Kier alpha value is -2.80. The number of methoxy groups -OCH3 is 1. The molecule has 0 N–H and O–H groups in total. The van der Waals surface area contributed by atoms with Crippen LogP contribution >= 0.6 is 23.4 Å². The number of aryl methyl sites for hydroxylation is 2. The highest BCUT2D eigenvalue weighted by atomic mass is 35.5. The maximum atomic E-state index is 14.1. The van der Waals surface area contributed by atoms with Crippen molar-refractivity contribution >= 4 is 46.0 Å². The van der Waals surface area contributed by atoms with Gasteiger partial charge in [0.1, 0.15) is 12.4 Å². The van der Waals surface area contributed by atoms with Gasteiger partial charge >= 0.3 is 0 Å². The third-order valence-electron chi connectivity index (χ3n) is 6.27. The molecule has 0 bridgehead atoms. The quantitative estimate of drug-likeness (QED) is 0.212. The topological polar surface area (TPSA) is 47.4 Å². The number of rotatable bonds is 10. The van der Waals surface area contributed by atoms with E-state index in [1.165, 1.54) is 0 Å². The summed E-state index contributed by atoms with van der Waals surface area (Å²) in [4.78, 5) is 22.0. The number of ether oxygens (including phenoxy) is 1. The zero-order valence-electron chi connectivity index (χ0n) is 21.2. The molecule has 36 heavy (non-hydrogen) atoms. The molecule has 4 aromatic rings. The smallest absolute Gasteiger partial charge is 0.247 e. The second-order valence-corrected chi connectivity index (χ2v) is 10.3. The van der Waals surface area contributed by atoms with Gasteiger partial charge in [0.25, 0.3) is 0 Å². The maximum Gasteiger partial charge on any atom is 0.247 e. The Kier molecular flexibility index (Phi) is 8.72. The van der Waals surface area contributed by atoms with E-state index in [2.05, 4.69) is 36.6 Å². The SMILES string of the molecule is CCc1cccc(C)c1N(C(=O)Cn1c(CSc2ccc(Cl)cc2)nc2ccccc21)C(C)COC. The van der Waals surface area contributed by atoms with Gasteiger partial charge in [-0.05, 0) is 67.8 Å². The molecular formula is C29H32ClN3O2S. The number of benzene rings is 3. The van der Waals surface area contributed by atoms with Gasteiger partial charge in [0.15, 0.2) is 0 Å². The molecule has 1 heterocycles. The lowest BCUT2D eigenvalue weighted by molar-refractivity contribution is -0.119. The molecule has 0 fully saturated rings. The summed E-state index contributed by atoms with van der Waals surface area (Å²) in [7, 11) is 1.67. The van der Waals surface area contributed by atoms with Crippen molar-refractivity contribution in [1.82, 2.24) is 9.55 Å². The summed E-state index contributed by atoms with van der Waals surface area (Å²) >= 11 is 7.73. The molecule has 188 valence electrons. The molecule has 7 heteroatoms. The van der Waals surface area contributed by atoms with Gasteiger partial charge in [-0.3, -0.25) is 4.79 Å². The van der Waals surface area contributed by atoms with Gasteiger partial charge in [-0.2, -0.15) is 0 Å². The molecule has 3 aromatic carbocycles. The van der Waals surface area contributed by atoms with Crippen LogP contribution in [0.2, 0.25) is 5.02 Å². The van der Waals surface area contributed by atoms with Crippen molar-refractivity contribution in [3.63, 3.8) is 0 Å². The largest absolute Gasteiger partial charge is 0.383 e. The second kappa shape index (κ2) is 12.0. The lowest BCUT2D eigenvalue weighted by atomic mass is 10.0. The summed E-state index contributed by atoms with van der Waals surface area (Å²) in [6, 6.07) is 21.9. The van der Waals surface area contributed by atoms with E-state index in [-0.39, 0.29) is 18.5 Å². The average Bonchev–Trinajstić information content (AvgIpc) is 3.22. The van der Waals surface area contributed by atoms with Gasteiger partial charge in [-0.15, -0.1) is 11.8 Å². The first-order chi connectivity index (χ1) is 17.4. The van der Waals surface area contributed by atoms with Crippen LogP contribution in [0.5, 0.6) is 0 Å². The number of carbonyl (C=O) groups excluding carboxylic acids is 1. The number of aromatic nitrogens is 2. The van der Waals surface area contributed by atoms with E-state index in [1.54, 1.807) is 18.9 Å². The Bertz CT molecular complexity index is 1340. The predicted octanol–water partition coefficient (Wildman–Crippen LogP) is 6.92. The number of thioether (sulfide) groups is 1. The summed E-state index contributed by atoms with van der Waals surface area (Å²) in [5, 5.41) is 0.713. The minimum atomic E-state index is -0.115. The number of hydrogen-bond donors (Lipinski definition) is 0. The van der Waals surface area contributed by atoms with E-state index in [1.807, 2.05) is 60.4 Å². The Labute approximate surface area is 222 Å². The maximum absolute atomic E-state index is 14.1. The fourth-order valence-electron chi connectivity index (χ4n) is 4.56. The molecule has 0 aliphatic heterocycles. The number of anilines is 1. The van der Waals surface area contributed by atoms with Crippen LogP contribution < -0.4 is 4.90 Å². The van der Waals surface area contributed by atoms with Crippen LogP contribution in [0, 0.1) is 6.92 Å². The number of halogens is 1. The highest BCUT2D eigenvalue weighted by molar-refractivity contribution is 7.98. The first-order valence-corrected chi connectivity index (χ1v) is 13.5. The number of para-hydroxylation sites is 3. The Morgan fingerprint density at radius 3 is 2.58 bits per heavy atom. The normalized spacial score (nSPS) is 12.1. The lowest BCUT2D eigenvalue weighted by Crippen LogP contribution is -2.44. The van der Waals surface area contributed by atoms with Gasteiger partial charge < -0.3 is 14.2 Å². The number of hydrogen-bond acceptors (Lipinski definition) is 4. The standard InChI is InChI=1S/C29H32ClN3O2S/c1-5-22-10-8-9-20(2)29(22)33(21(3)18-35-4)28(34)17-32-26-12-7-6-11-25(26)31-27(32)19-36-24-15-13-23(30)14-16-24/h6-16,21H,5,17-19H2,1-4H3. The molecule has 1 aromatic heterocycles. The van der Waals surface area contributed by atoms with Crippen LogP contribution in [0.25, 0.3) is 11.0 Å². The van der Waals surface area contributed by atoms with Gasteiger partial charge in [0.05, 0.1) is 35.1 Å². The number of amides is 1. The summed E-state index contributed by atoms with van der Waals surface area (Å²) < 4.78 is 7.52. The van der Waals surface area contributed by atoms with Crippen LogP contribution in [0.1, 0.15) is 30.8 Å². The first-order valence-electron chi connectivity index (χ1n) is 12.1. The van der Waals surface area contributed by atoms with Crippen molar-refractivity contribution in [2.45, 2.75) is 50.4 Å². The molecule has 0 saturated carbocycles. The Morgan fingerprint density at radius 1 is 1.11 bits per heavy atom. The minimum Gasteiger partial charge on any atom is -0.383 e. The fraction of sp³-hybridized carbons (Fsp3) is 0.310. The van der Waals surface area contributed by atoms with Crippen molar-refractivity contribution in [3.8, 4) is 0 Å². The molecule has 5 nitrogen and oxygen atoms in total. The van der Waals surface area contributed by atoms with E-state index in [0.29, 0.717) is 17.4 Å². The number of imidazole rings is 1. The minimum absolute atomic E-state index is 0.0180. The first kappa shape index (κ1) is 26.3. The molecule has 0 radical (unpaired) electrons. The van der Waals surface area contributed by atoms with Gasteiger partial charge in [0.2, 0.25) is 5.91 Å². The van der Waals surface area contributed by atoms with Crippen molar-refractivity contribution in [3.05, 3.63) is 88.7 Å². The summed E-state index contributed by atoms with van der Waals surface area (Å²) in [5.74, 6) is 1.52. The molecule has 4 rings (SSSR count). The number of nitrogens with zero attached hydrogens (tertiary/aromatic N) is 3. The van der Waals surface area contributed by atoms with Crippen LogP contribution in [-0.4, -0.2) is 35.2 Å². The lowest BCUT2D eigenvalue weighted by Gasteiger charge is -2.32. The van der Waals surface area contributed by atoms with Crippen molar-refractivity contribution in [1.29, 1.82) is 0 Å².